The molecular weight excluding hydrogens is 280 g/mol. The van der Waals surface area contributed by atoms with Crippen molar-refractivity contribution in [3.8, 4) is 11.5 Å². The van der Waals surface area contributed by atoms with E-state index in [1.807, 2.05) is 0 Å². The summed E-state index contributed by atoms with van der Waals surface area (Å²) in [6.07, 6.45) is 0. The maximum atomic E-state index is 13.6. The number of benzene rings is 2. The normalized spacial score (nSPS) is 10.2. The van der Waals surface area contributed by atoms with Crippen LogP contribution in [0.1, 0.15) is 17.3 Å². The molecule has 0 fully saturated rings. The average Bonchev–Trinajstić information content (AvgIpc) is 2.46. The number of para-hydroxylation sites is 1. The Bertz CT molecular complexity index is 674. The minimum atomic E-state index is -1.16. The van der Waals surface area contributed by atoms with Crippen molar-refractivity contribution in [1.82, 2.24) is 0 Å². The quantitative estimate of drug-likeness (QED) is 0.692. The molecule has 0 aliphatic heterocycles. The molecule has 4 nitrogen and oxygen atoms in total. The fraction of sp³-hybridized carbons (Fsp3) is 0.133. The van der Waals surface area contributed by atoms with Crippen LogP contribution in [0.3, 0.4) is 0 Å². The minimum Gasteiger partial charge on any atom is -0.462 e. The van der Waals surface area contributed by atoms with Crippen LogP contribution in [-0.2, 0) is 4.74 Å². The Labute approximate surface area is 120 Å². The number of carbonyl (C=O) groups excluding carboxylic acids is 1. The molecule has 0 bridgehead atoms. The first kappa shape index (κ1) is 14.8. The standard InChI is InChI=1S/C15H13F2NO3/c1-2-20-15(19)9-5-3-7-11(18)14(9)21-12-8-4-6-10(16)13(12)17/h3-8H,2,18H2,1H3. The third-order valence-electron chi connectivity index (χ3n) is 2.67. The zero-order valence-corrected chi connectivity index (χ0v) is 11.2. The molecule has 0 aliphatic carbocycles. The van der Waals surface area contributed by atoms with Crippen molar-refractivity contribution < 1.29 is 23.0 Å². The van der Waals surface area contributed by atoms with Crippen molar-refractivity contribution in [2.75, 3.05) is 12.3 Å². The summed E-state index contributed by atoms with van der Waals surface area (Å²) in [5.41, 5.74) is 5.90. The van der Waals surface area contributed by atoms with Gasteiger partial charge in [-0.1, -0.05) is 12.1 Å². The van der Waals surface area contributed by atoms with E-state index in [1.54, 1.807) is 6.92 Å². The molecule has 110 valence electrons. The molecule has 0 unspecified atom stereocenters. The summed E-state index contributed by atoms with van der Waals surface area (Å²) in [5, 5.41) is 0. The fourth-order valence-electron chi connectivity index (χ4n) is 1.71. The van der Waals surface area contributed by atoms with Crippen molar-refractivity contribution in [3.63, 3.8) is 0 Å². The molecule has 0 radical (unpaired) electrons. The van der Waals surface area contributed by atoms with Crippen LogP contribution in [0.25, 0.3) is 0 Å². The molecular formula is C15H13F2NO3. The molecule has 0 heterocycles. The predicted octanol–water partition coefficient (Wildman–Crippen LogP) is 3.52. The van der Waals surface area contributed by atoms with Crippen LogP contribution in [0.2, 0.25) is 0 Å². The molecule has 0 spiro atoms. The lowest BCUT2D eigenvalue weighted by molar-refractivity contribution is 0.0523. The Hall–Kier alpha value is -2.63. The first-order valence-electron chi connectivity index (χ1n) is 6.22. The van der Waals surface area contributed by atoms with Crippen molar-refractivity contribution in [1.29, 1.82) is 0 Å². The van der Waals surface area contributed by atoms with Crippen LogP contribution >= 0.6 is 0 Å². The maximum absolute atomic E-state index is 13.6. The van der Waals surface area contributed by atoms with Gasteiger partial charge >= 0.3 is 5.97 Å². The number of anilines is 1. The Kier molecular flexibility index (Phi) is 4.37. The summed E-state index contributed by atoms with van der Waals surface area (Å²) < 4.78 is 37.0. The van der Waals surface area contributed by atoms with Crippen LogP contribution < -0.4 is 10.5 Å². The van der Waals surface area contributed by atoms with E-state index < -0.39 is 17.6 Å². The number of esters is 1. The lowest BCUT2D eigenvalue weighted by Crippen LogP contribution is -2.08. The smallest absolute Gasteiger partial charge is 0.342 e. The lowest BCUT2D eigenvalue weighted by Gasteiger charge is -2.13. The van der Waals surface area contributed by atoms with E-state index in [1.165, 1.54) is 30.3 Å². The number of halogens is 2. The molecule has 0 amide bonds. The number of nitrogens with two attached hydrogens (primary N) is 1. The van der Waals surface area contributed by atoms with Crippen molar-refractivity contribution in [3.05, 3.63) is 53.6 Å². The van der Waals surface area contributed by atoms with E-state index in [2.05, 4.69) is 0 Å². The van der Waals surface area contributed by atoms with E-state index in [9.17, 15) is 13.6 Å². The van der Waals surface area contributed by atoms with Crippen LogP contribution in [0.5, 0.6) is 11.5 Å². The molecule has 2 aromatic carbocycles. The summed E-state index contributed by atoms with van der Waals surface area (Å²) >= 11 is 0. The van der Waals surface area contributed by atoms with Crippen molar-refractivity contribution in [2.45, 2.75) is 6.92 Å². The van der Waals surface area contributed by atoms with Gasteiger partial charge in [0.15, 0.2) is 17.3 Å². The molecule has 0 aliphatic rings. The van der Waals surface area contributed by atoms with Crippen LogP contribution in [0.4, 0.5) is 14.5 Å². The summed E-state index contributed by atoms with van der Waals surface area (Å²) in [6.45, 7) is 1.82. The molecule has 6 heteroatoms. The van der Waals surface area contributed by atoms with Crippen LogP contribution in [0.15, 0.2) is 36.4 Å². The van der Waals surface area contributed by atoms with E-state index >= 15 is 0 Å². The predicted molar refractivity (Wildman–Crippen MR) is 73.2 cm³/mol. The van der Waals surface area contributed by atoms with E-state index in [-0.39, 0.29) is 29.4 Å². The van der Waals surface area contributed by atoms with Gasteiger partial charge in [-0.25, -0.2) is 9.18 Å². The Morgan fingerprint density at radius 1 is 1.19 bits per heavy atom. The van der Waals surface area contributed by atoms with Gasteiger partial charge in [-0.3, -0.25) is 0 Å². The highest BCUT2D eigenvalue weighted by Gasteiger charge is 2.19. The molecule has 0 saturated carbocycles. The van der Waals surface area contributed by atoms with E-state index in [4.69, 9.17) is 15.2 Å². The van der Waals surface area contributed by atoms with Gasteiger partial charge in [0.05, 0.1) is 12.3 Å². The summed E-state index contributed by atoms with van der Waals surface area (Å²) in [6, 6.07) is 7.94. The zero-order chi connectivity index (χ0) is 15.4. The van der Waals surface area contributed by atoms with Gasteiger partial charge in [0.25, 0.3) is 0 Å². The van der Waals surface area contributed by atoms with Crippen LogP contribution in [-0.4, -0.2) is 12.6 Å². The van der Waals surface area contributed by atoms with Gasteiger partial charge in [-0.05, 0) is 31.2 Å². The number of ether oxygens (including phenoxy) is 2. The molecule has 2 rings (SSSR count). The largest absolute Gasteiger partial charge is 0.462 e. The summed E-state index contributed by atoms with van der Waals surface area (Å²) in [5.74, 6) is -3.30. The van der Waals surface area contributed by atoms with Crippen molar-refractivity contribution in [2.24, 2.45) is 0 Å². The highest BCUT2D eigenvalue weighted by molar-refractivity contribution is 5.94. The number of rotatable bonds is 4. The number of hydrogen-bond donors (Lipinski definition) is 1. The SMILES string of the molecule is CCOC(=O)c1cccc(N)c1Oc1cccc(F)c1F. The maximum Gasteiger partial charge on any atom is 0.342 e. The molecule has 0 aromatic heterocycles. The summed E-state index contributed by atoms with van der Waals surface area (Å²) in [4.78, 5) is 11.8. The number of hydrogen-bond acceptors (Lipinski definition) is 4. The molecule has 21 heavy (non-hydrogen) atoms. The van der Waals surface area contributed by atoms with Gasteiger partial charge in [-0.15, -0.1) is 0 Å². The molecule has 2 aromatic rings. The Morgan fingerprint density at radius 2 is 1.90 bits per heavy atom. The lowest BCUT2D eigenvalue weighted by atomic mass is 10.1. The molecule has 0 saturated heterocycles. The fourth-order valence-corrected chi connectivity index (χ4v) is 1.71. The Morgan fingerprint density at radius 3 is 2.62 bits per heavy atom. The number of carbonyl (C=O) groups is 1. The molecule has 2 N–H and O–H groups in total. The van der Waals surface area contributed by atoms with Gasteiger partial charge in [0.2, 0.25) is 5.82 Å². The zero-order valence-electron chi connectivity index (χ0n) is 11.2. The van der Waals surface area contributed by atoms with Gasteiger partial charge in [0, 0.05) is 0 Å². The third kappa shape index (κ3) is 3.10. The monoisotopic (exact) mass is 293 g/mol. The topological polar surface area (TPSA) is 61.5 Å². The first-order chi connectivity index (χ1) is 10.0. The highest BCUT2D eigenvalue weighted by Crippen LogP contribution is 2.33. The van der Waals surface area contributed by atoms with Gasteiger partial charge in [-0.2, -0.15) is 4.39 Å². The second-order valence-electron chi connectivity index (χ2n) is 4.10. The van der Waals surface area contributed by atoms with Gasteiger partial charge in [0.1, 0.15) is 5.56 Å². The second kappa shape index (κ2) is 6.21. The Balaban J connectivity index is 2.44. The second-order valence-corrected chi connectivity index (χ2v) is 4.10. The van der Waals surface area contributed by atoms with E-state index in [0.717, 1.165) is 6.07 Å². The van der Waals surface area contributed by atoms with Crippen molar-refractivity contribution >= 4 is 11.7 Å². The third-order valence-corrected chi connectivity index (χ3v) is 2.67. The minimum absolute atomic E-state index is 0.0421. The van der Waals surface area contributed by atoms with E-state index in [0.29, 0.717) is 0 Å². The van der Waals surface area contributed by atoms with Crippen LogP contribution in [0, 0.1) is 11.6 Å². The van der Waals surface area contributed by atoms with Gasteiger partial charge < -0.3 is 15.2 Å². The summed E-state index contributed by atoms with van der Waals surface area (Å²) in [7, 11) is 0. The molecule has 0 atom stereocenters. The number of nitrogen functional groups attached to an aromatic ring is 1. The first-order valence-corrected chi connectivity index (χ1v) is 6.22. The average molecular weight is 293 g/mol. The highest BCUT2D eigenvalue weighted by atomic mass is 19.2.